The SMILES string of the molecule is C=CC(=O)OCCS(=O)(=O)[O-].[Cs+]. The normalized spacial score (nSPS) is 9.75. The molecule has 0 fully saturated rings. The van der Waals surface area contributed by atoms with Crippen molar-refractivity contribution in [2.45, 2.75) is 0 Å². The summed E-state index contributed by atoms with van der Waals surface area (Å²) in [6.45, 7) is 2.65. The summed E-state index contributed by atoms with van der Waals surface area (Å²) in [7, 11) is -4.29. The van der Waals surface area contributed by atoms with Crippen molar-refractivity contribution in [3.8, 4) is 0 Å². The number of carbonyl (C=O) groups is 1. The van der Waals surface area contributed by atoms with Crippen LogP contribution < -0.4 is 68.9 Å². The van der Waals surface area contributed by atoms with Gasteiger partial charge in [0, 0.05) is 6.08 Å². The minimum Gasteiger partial charge on any atom is -0.748 e. The third-order valence-electron chi connectivity index (χ3n) is 0.744. The first-order valence-electron chi connectivity index (χ1n) is 2.68. The molecule has 0 saturated carbocycles. The van der Waals surface area contributed by atoms with E-state index in [-0.39, 0.29) is 68.9 Å². The first-order chi connectivity index (χ1) is 4.95. The van der Waals surface area contributed by atoms with E-state index >= 15 is 0 Å². The summed E-state index contributed by atoms with van der Waals surface area (Å²) < 4.78 is 34.0. The fourth-order valence-electron chi connectivity index (χ4n) is 0.303. The van der Waals surface area contributed by atoms with Crippen LogP contribution in [0.25, 0.3) is 0 Å². The Morgan fingerprint density at radius 3 is 2.42 bits per heavy atom. The number of ether oxygens (including phenoxy) is 1. The van der Waals surface area contributed by atoms with Crippen molar-refractivity contribution in [3.63, 3.8) is 0 Å². The summed E-state index contributed by atoms with van der Waals surface area (Å²) in [5.74, 6) is -1.44. The van der Waals surface area contributed by atoms with Crippen molar-refractivity contribution in [2.75, 3.05) is 12.4 Å². The zero-order valence-electron chi connectivity index (χ0n) is 6.65. The average Bonchev–Trinajstić information content (AvgIpc) is 1.85. The molecule has 0 aliphatic carbocycles. The van der Waals surface area contributed by atoms with Crippen LogP contribution in [0, 0.1) is 0 Å². The van der Waals surface area contributed by atoms with Crippen molar-refractivity contribution >= 4 is 16.1 Å². The first-order valence-corrected chi connectivity index (χ1v) is 4.26. The molecular formula is C5H7CsO5S. The van der Waals surface area contributed by atoms with Gasteiger partial charge in [-0.1, -0.05) is 6.58 Å². The van der Waals surface area contributed by atoms with Crippen LogP contribution in [-0.4, -0.2) is 31.3 Å². The topological polar surface area (TPSA) is 83.5 Å². The van der Waals surface area contributed by atoms with Gasteiger partial charge in [-0.25, -0.2) is 13.2 Å². The Morgan fingerprint density at radius 2 is 2.08 bits per heavy atom. The number of carbonyl (C=O) groups excluding carboxylic acids is 1. The van der Waals surface area contributed by atoms with E-state index in [4.69, 9.17) is 0 Å². The van der Waals surface area contributed by atoms with Crippen LogP contribution in [0.1, 0.15) is 0 Å². The van der Waals surface area contributed by atoms with Gasteiger partial charge >= 0.3 is 74.9 Å². The second kappa shape index (κ2) is 7.56. The molecule has 12 heavy (non-hydrogen) atoms. The van der Waals surface area contributed by atoms with E-state index in [1.165, 1.54) is 0 Å². The van der Waals surface area contributed by atoms with Crippen molar-refractivity contribution in [1.82, 2.24) is 0 Å². The summed E-state index contributed by atoms with van der Waals surface area (Å²) in [5.41, 5.74) is 0. The van der Waals surface area contributed by atoms with Crippen LogP contribution in [0.15, 0.2) is 12.7 Å². The smallest absolute Gasteiger partial charge is 0.748 e. The molecule has 0 heterocycles. The number of hydrogen-bond acceptors (Lipinski definition) is 5. The summed E-state index contributed by atoms with van der Waals surface area (Å²) in [6, 6.07) is 0. The minimum atomic E-state index is -4.29. The second-order valence-electron chi connectivity index (χ2n) is 1.63. The second-order valence-corrected chi connectivity index (χ2v) is 3.16. The molecular weight excluding hydrogens is 305 g/mol. The molecule has 0 aliphatic heterocycles. The van der Waals surface area contributed by atoms with Crippen molar-refractivity contribution in [2.24, 2.45) is 0 Å². The van der Waals surface area contributed by atoms with Crippen LogP contribution in [-0.2, 0) is 19.6 Å². The molecule has 0 radical (unpaired) electrons. The Balaban J connectivity index is 0. The van der Waals surface area contributed by atoms with E-state index in [1.807, 2.05) is 0 Å². The van der Waals surface area contributed by atoms with Gasteiger partial charge in [0.1, 0.15) is 6.61 Å². The maximum Gasteiger partial charge on any atom is 1.00 e. The molecule has 0 amide bonds. The van der Waals surface area contributed by atoms with E-state index in [0.29, 0.717) is 0 Å². The van der Waals surface area contributed by atoms with Crippen molar-refractivity contribution in [3.05, 3.63) is 12.7 Å². The third-order valence-corrected chi connectivity index (χ3v) is 1.41. The molecule has 0 rings (SSSR count). The van der Waals surface area contributed by atoms with Crippen LogP contribution >= 0.6 is 0 Å². The molecule has 0 unspecified atom stereocenters. The zero-order valence-corrected chi connectivity index (χ0v) is 13.7. The van der Waals surface area contributed by atoms with Gasteiger partial charge < -0.3 is 9.29 Å². The molecule has 5 nitrogen and oxygen atoms in total. The van der Waals surface area contributed by atoms with Crippen molar-refractivity contribution < 1.29 is 91.4 Å². The standard InChI is InChI=1S/C5H8O5S.Cs/c1-2-5(6)10-3-4-11(7,8)9;/h2H,1,3-4H2,(H,7,8,9);/q;+1/p-1. The Bertz CT molecular complexity index is 245. The molecule has 0 spiro atoms. The summed E-state index contributed by atoms with van der Waals surface area (Å²) in [4.78, 5) is 10.3. The number of esters is 1. The molecule has 0 aromatic rings. The molecule has 64 valence electrons. The molecule has 7 heteroatoms. The van der Waals surface area contributed by atoms with Gasteiger partial charge in [-0.05, 0) is 0 Å². The summed E-state index contributed by atoms with van der Waals surface area (Å²) in [6.07, 6.45) is 0.886. The predicted octanol–water partition coefficient (Wildman–Crippen LogP) is -3.74. The summed E-state index contributed by atoms with van der Waals surface area (Å²) >= 11 is 0. The average molecular weight is 312 g/mol. The van der Waals surface area contributed by atoms with Gasteiger partial charge in [-0.15, -0.1) is 0 Å². The molecule has 0 aromatic carbocycles. The van der Waals surface area contributed by atoms with Gasteiger partial charge in [0.05, 0.1) is 15.9 Å². The predicted molar refractivity (Wildman–Crippen MR) is 35.7 cm³/mol. The number of hydrogen-bond donors (Lipinski definition) is 0. The van der Waals surface area contributed by atoms with Gasteiger partial charge in [-0.2, -0.15) is 0 Å². The van der Waals surface area contributed by atoms with Crippen molar-refractivity contribution in [1.29, 1.82) is 0 Å². The summed E-state index contributed by atoms with van der Waals surface area (Å²) in [5, 5.41) is 0. The first kappa shape index (κ1) is 15.6. The van der Waals surface area contributed by atoms with E-state index in [9.17, 15) is 17.8 Å². The van der Waals surface area contributed by atoms with E-state index in [0.717, 1.165) is 6.08 Å². The minimum absolute atomic E-state index is 0. The Morgan fingerprint density at radius 1 is 1.58 bits per heavy atom. The Kier molecular flexibility index (Phi) is 9.86. The molecule has 0 aromatic heterocycles. The van der Waals surface area contributed by atoms with E-state index in [2.05, 4.69) is 11.3 Å². The van der Waals surface area contributed by atoms with Crippen LogP contribution in [0.5, 0.6) is 0 Å². The Labute approximate surface area is 130 Å². The van der Waals surface area contributed by atoms with Gasteiger partial charge in [-0.3, -0.25) is 0 Å². The van der Waals surface area contributed by atoms with Crippen LogP contribution in [0.2, 0.25) is 0 Å². The third kappa shape index (κ3) is 11.2. The van der Waals surface area contributed by atoms with Crippen LogP contribution in [0.4, 0.5) is 0 Å². The maximum absolute atomic E-state index is 10.3. The zero-order chi connectivity index (χ0) is 8.91. The quantitative estimate of drug-likeness (QED) is 0.303. The largest absolute Gasteiger partial charge is 1.00 e. The maximum atomic E-state index is 10.3. The monoisotopic (exact) mass is 312 g/mol. The fourth-order valence-corrected chi connectivity index (χ4v) is 0.591. The Hall–Kier alpha value is 1.17. The fraction of sp³-hybridized carbons (Fsp3) is 0.400. The van der Waals surface area contributed by atoms with E-state index in [1.54, 1.807) is 0 Å². The molecule has 0 bridgehead atoms. The van der Waals surface area contributed by atoms with E-state index < -0.39 is 28.4 Å². The molecule has 0 aliphatic rings. The molecule has 0 N–H and O–H groups in total. The van der Waals surface area contributed by atoms with Crippen LogP contribution in [0.3, 0.4) is 0 Å². The van der Waals surface area contributed by atoms with Gasteiger partial charge in [0.2, 0.25) is 0 Å². The molecule has 0 atom stereocenters. The molecule has 0 saturated heterocycles. The van der Waals surface area contributed by atoms with Gasteiger partial charge in [0.15, 0.2) is 0 Å². The van der Waals surface area contributed by atoms with Gasteiger partial charge in [0.25, 0.3) is 0 Å². The number of rotatable bonds is 4.